The van der Waals surface area contributed by atoms with Crippen molar-refractivity contribution in [1.29, 1.82) is 0 Å². The Hall–Kier alpha value is -3.20. The first-order valence-corrected chi connectivity index (χ1v) is 10.5. The quantitative estimate of drug-likeness (QED) is 0.528. The van der Waals surface area contributed by atoms with Gasteiger partial charge in [-0.1, -0.05) is 12.1 Å². The molecule has 1 fully saturated rings. The number of benzene rings is 1. The van der Waals surface area contributed by atoms with Crippen molar-refractivity contribution in [3.05, 3.63) is 57.5 Å². The minimum atomic E-state index is -0.263. The number of carbonyl (C=O) groups is 1. The average molecular weight is 408 g/mol. The third-order valence-corrected chi connectivity index (χ3v) is 6.16. The lowest BCUT2D eigenvalue weighted by Crippen LogP contribution is -2.26. The van der Waals surface area contributed by atoms with Gasteiger partial charge in [-0.3, -0.25) is 9.59 Å². The van der Waals surface area contributed by atoms with Crippen molar-refractivity contribution in [3.8, 4) is 0 Å². The fourth-order valence-electron chi connectivity index (χ4n) is 3.71. The largest absolute Gasteiger partial charge is 0.351 e. The minimum Gasteiger partial charge on any atom is -0.351 e. The summed E-state index contributed by atoms with van der Waals surface area (Å²) >= 11 is 1.66. The number of aromatic amines is 1. The number of nitrogens with zero attached hydrogens (tertiary/aromatic N) is 4. The molecule has 4 aromatic rings. The fourth-order valence-corrected chi connectivity index (χ4v) is 4.62. The van der Waals surface area contributed by atoms with Crippen molar-refractivity contribution in [3.63, 3.8) is 0 Å². The summed E-state index contributed by atoms with van der Waals surface area (Å²) < 4.78 is 1.59. The Morgan fingerprint density at radius 3 is 2.93 bits per heavy atom. The first-order chi connectivity index (χ1) is 14.2. The zero-order valence-electron chi connectivity index (χ0n) is 15.7. The summed E-state index contributed by atoms with van der Waals surface area (Å²) in [6.45, 7) is 2.62. The summed E-state index contributed by atoms with van der Waals surface area (Å²) in [7, 11) is 0. The Bertz CT molecular complexity index is 1250. The van der Waals surface area contributed by atoms with Crippen LogP contribution in [-0.4, -0.2) is 45.1 Å². The molecule has 0 atom stereocenters. The van der Waals surface area contributed by atoms with Crippen LogP contribution in [0, 0.1) is 0 Å². The van der Waals surface area contributed by atoms with Gasteiger partial charge in [0.05, 0.1) is 22.8 Å². The van der Waals surface area contributed by atoms with E-state index >= 15 is 0 Å². The van der Waals surface area contributed by atoms with Crippen LogP contribution in [0.4, 0.5) is 5.13 Å². The zero-order chi connectivity index (χ0) is 19.8. The summed E-state index contributed by atoms with van der Waals surface area (Å²) in [5.74, 6) is -0.263. The predicted octanol–water partition coefficient (Wildman–Crippen LogP) is 2.21. The molecule has 5 rings (SSSR count). The molecule has 1 amide bonds. The molecular weight excluding hydrogens is 388 g/mol. The van der Waals surface area contributed by atoms with E-state index in [9.17, 15) is 9.59 Å². The van der Waals surface area contributed by atoms with Crippen LogP contribution in [0.25, 0.3) is 16.6 Å². The van der Waals surface area contributed by atoms with E-state index in [2.05, 4.69) is 30.7 Å². The first kappa shape index (κ1) is 17.9. The molecule has 0 bridgehead atoms. The average Bonchev–Trinajstić information content (AvgIpc) is 3.48. The predicted molar refractivity (Wildman–Crippen MR) is 113 cm³/mol. The van der Waals surface area contributed by atoms with Crippen molar-refractivity contribution >= 4 is 38.9 Å². The monoisotopic (exact) mass is 408 g/mol. The number of amides is 1. The SMILES string of the molecule is O=C(NCCc1csc(N2CCCC2)n1)c1cnn2c1[nH]c(=O)c1ccccc12. The van der Waals surface area contributed by atoms with E-state index in [0.29, 0.717) is 35.1 Å². The number of fused-ring (bicyclic) bond motifs is 3. The molecule has 1 aromatic carbocycles. The minimum absolute atomic E-state index is 0.237. The molecule has 0 unspecified atom stereocenters. The van der Waals surface area contributed by atoms with Gasteiger partial charge < -0.3 is 15.2 Å². The van der Waals surface area contributed by atoms with E-state index < -0.39 is 0 Å². The number of para-hydroxylation sites is 1. The number of hydrogen-bond donors (Lipinski definition) is 2. The molecule has 3 aromatic heterocycles. The van der Waals surface area contributed by atoms with E-state index in [1.165, 1.54) is 19.0 Å². The van der Waals surface area contributed by atoms with E-state index in [1.807, 2.05) is 12.1 Å². The van der Waals surface area contributed by atoms with Crippen molar-refractivity contribution in [1.82, 2.24) is 24.9 Å². The van der Waals surface area contributed by atoms with Crippen LogP contribution in [0.15, 0.2) is 40.6 Å². The molecule has 1 aliphatic heterocycles. The Kier molecular flexibility index (Phi) is 4.51. The number of rotatable bonds is 5. The van der Waals surface area contributed by atoms with E-state index in [4.69, 9.17) is 0 Å². The third-order valence-electron chi connectivity index (χ3n) is 5.21. The van der Waals surface area contributed by atoms with Gasteiger partial charge in [0.2, 0.25) is 0 Å². The van der Waals surface area contributed by atoms with Crippen LogP contribution in [-0.2, 0) is 6.42 Å². The second-order valence-corrected chi connectivity index (χ2v) is 7.95. The van der Waals surface area contributed by atoms with Gasteiger partial charge in [-0.15, -0.1) is 11.3 Å². The molecule has 2 N–H and O–H groups in total. The van der Waals surface area contributed by atoms with E-state index in [1.54, 1.807) is 28.0 Å². The summed E-state index contributed by atoms with van der Waals surface area (Å²) in [5, 5.41) is 10.9. The fraction of sp³-hybridized carbons (Fsp3) is 0.300. The maximum Gasteiger partial charge on any atom is 0.259 e. The number of carbonyl (C=O) groups excluding carboxylic acids is 1. The highest BCUT2D eigenvalue weighted by Gasteiger charge is 2.17. The van der Waals surface area contributed by atoms with Gasteiger partial charge in [-0.05, 0) is 25.0 Å². The molecule has 8 nitrogen and oxygen atoms in total. The first-order valence-electron chi connectivity index (χ1n) is 9.67. The molecule has 0 aliphatic carbocycles. The second-order valence-electron chi connectivity index (χ2n) is 7.11. The Morgan fingerprint density at radius 2 is 2.07 bits per heavy atom. The number of H-pyrrole nitrogens is 1. The van der Waals surface area contributed by atoms with Gasteiger partial charge in [0.25, 0.3) is 11.5 Å². The van der Waals surface area contributed by atoms with E-state index in [-0.39, 0.29) is 11.5 Å². The maximum atomic E-state index is 12.7. The van der Waals surface area contributed by atoms with Gasteiger partial charge >= 0.3 is 0 Å². The van der Waals surface area contributed by atoms with Gasteiger partial charge in [0.1, 0.15) is 11.2 Å². The van der Waals surface area contributed by atoms with Crippen LogP contribution in [0.1, 0.15) is 28.9 Å². The van der Waals surface area contributed by atoms with Crippen LogP contribution >= 0.6 is 11.3 Å². The smallest absolute Gasteiger partial charge is 0.259 e. The lowest BCUT2D eigenvalue weighted by molar-refractivity contribution is 0.0955. The molecule has 0 radical (unpaired) electrons. The standard InChI is InChI=1S/C20H20N6O2S/c27-18(21-8-7-13-12-29-20(23-13)25-9-3-4-10-25)15-11-22-26-16-6-2-1-5-14(16)19(28)24-17(15)26/h1-2,5-6,11-12H,3-4,7-10H2,(H,21,27)(H,24,28). The Labute approximate surface area is 170 Å². The van der Waals surface area contributed by atoms with Crippen LogP contribution in [0.5, 0.6) is 0 Å². The lowest BCUT2D eigenvalue weighted by Gasteiger charge is -2.12. The van der Waals surface area contributed by atoms with E-state index in [0.717, 1.165) is 23.9 Å². The number of thiazole rings is 1. The Balaban J connectivity index is 1.30. The molecule has 29 heavy (non-hydrogen) atoms. The topological polar surface area (TPSA) is 95.4 Å². The molecule has 0 saturated carbocycles. The number of nitrogens with one attached hydrogen (secondary N) is 2. The highest BCUT2D eigenvalue weighted by atomic mass is 32.1. The van der Waals surface area contributed by atoms with Crippen molar-refractivity contribution in [2.24, 2.45) is 0 Å². The van der Waals surface area contributed by atoms with Crippen LogP contribution in [0.3, 0.4) is 0 Å². The highest BCUT2D eigenvalue weighted by Crippen LogP contribution is 2.24. The number of hydrogen-bond acceptors (Lipinski definition) is 6. The van der Waals surface area contributed by atoms with Gasteiger partial charge in [-0.25, -0.2) is 9.50 Å². The molecule has 4 heterocycles. The van der Waals surface area contributed by atoms with Gasteiger partial charge in [0.15, 0.2) is 5.13 Å². The molecule has 148 valence electrons. The van der Waals surface area contributed by atoms with Crippen molar-refractivity contribution < 1.29 is 4.79 Å². The molecule has 1 aliphatic rings. The van der Waals surface area contributed by atoms with Gasteiger partial charge in [-0.2, -0.15) is 5.10 Å². The highest BCUT2D eigenvalue weighted by molar-refractivity contribution is 7.13. The Morgan fingerprint density at radius 1 is 1.24 bits per heavy atom. The number of aromatic nitrogens is 4. The summed E-state index contributed by atoms with van der Waals surface area (Å²) in [4.78, 5) is 34.8. The molecular formula is C20H20N6O2S. The van der Waals surface area contributed by atoms with Crippen LogP contribution in [0.2, 0.25) is 0 Å². The molecule has 1 saturated heterocycles. The molecule has 9 heteroatoms. The summed E-state index contributed by atoms with van der Waals surface area (Å²) in [6, 6.07) is 7.19. The second kappa shape index (κ2) is 7.32. The zero-order valence-corrected chi connectivity index (χ0v) is 16.5. The van der Waals surface area contributed by atoms with Crippen molar-refractivity contribution in [2.45, 2.75) is 19.3 Å². The molecule has 0 spiro atoms. The third kappa shape index (κ3) is 3.27. The lowest BCUT2D eigenvalue weighted by atomic mass is 10.2. The number of anilines is 1. The summed E-state index contributed by atoms with van der Waals surface area (Å²) in [6.07, 6.45) is 4.60. The summed E-state index contributed by atoms with van der Waals surface area (Å²) in [5.41, 5.74) is 2.17. The van der Waals surface area contributed by atoms with Gasteiger partial charge in [0, 0.05) is 31.4 Å². The van der Waals surface area contributed by atoms with Crippen molar-refractivity contribution in [2.75, 3.05) is 24.5 Å². The maximum absolute atomic E-state index is 12.7. The van der Waals surface area contributed by atoms with Crippen LogP contribution < -0.4 is 15.8 Å². The normalized spacial score (nSPS) is 14.1.